The van der Waals surface area contributed by atoms with Gasteiger partial charge in [0.1, 0.15) is 12.2 Å². The van der Waals surface area contributed by atoms with Crippen LogP contribution in [0.3, 0.4) is 0 Å². The standard InChI is InChI=1S/C13H24N4O2S/c1-2-17-11-14-16-13(17)10-15-20(18,19)9-8-12-6-4-3-5-7-12/h11-12,15H,2-10H2,1H3. The summed E-state index contributed by atoms with van der Waals surface area (Å²) in [6.45, 7) is 2.94. The van der Waals surface area contributed by atoms with Gasteiger partial charge in [-0.15, -0.1) is 10.2 Å². The Morgan fingerprint density at radius 2 is 2.10 bits per heavy atom. The molecule has 0 amide bonds. The van der Waals surface area contributed by atoms with E-state index in [2.05, 4.69) is 14.9 Å². The summed E-state index contributed by atoms with van der Waals surface area (Å²) < 4.78 is 28.5. The number of hydrogen-bond donors (Lipinski definition) is 1. The molecule has 6 nitrogen and oxygen atoms in total. The van der Waals surface area contributed by atoms with E-state index in [1.54, 1.807) is 6.33 Å². The van der Waals surface area contributed by atoms with Crippen LogP contribution in [-0.4, -0.2) is 28.9 Å². The van der Waals surface area contributed by atoms with Crippen LogP contribution in [-0.2, 0) is 23.1 Å². The summed E-state index contributed by atoms with van der Waals surface area (Å²) in [5.74, 6) is 1.46. The Morgan fingerprint density at radius 1 is 1.35 bits per heavy atom. The first-order valence-electron chi connectivity index (χ1n) is 7.44. The molecule has 1 aliphatic rings. The van der Waals surface area contributed by atoms with Crippen molar-refractivity contribution in [2.75, 3.05) is 5.75 Å². The van der Waals surface area contributed by atoms with Crippen LogP contribution in [0.5, 0.6) is 0 Å². The lowest BCUT2D eigenvalue weighted by atomic mass is 9.88. The van der Waals surface area contributed by atoms with Gasteiger partial charge >= 0.3 is 0 Å². The van der Waals surface area contributed by atoms with Gasteiger partial charge in [0, 0.05) is 6.54 Å². The van der Waals surface area contributed by atoms with E-state index >= 15 is 0 Å². The van der Waals surface area contributed by atoms with E-state index in [4.69, 9.17) is 0 Å². The highest BCUT2D eigenvalue weighted by atomic mass is 32.2. The summed E-state index contributed by atoms with van der Waals surface area (Å²) in [5.41, 5.74) is 0. The lowest BCUT2D eigenvalue weighted by Crippen LogP contribution is -2.28. The Hall–Kier alpha value is -0.950. The fourth-order valence-corrected chi connectivity index (χ4v) is 3.86. The van der Waals surface area contributed by atoms with Crippen LogP contribution in [0.25, 0.3) is 0 Å². The minimum Gasteiger partial charge on any atom is -0.317 e. The normalized spacial score (nSPS) is 17.4. The van der Waals surface area contributed by atoms with Crippen LogP contribution in [0.1, 0.15) is 51.3 Å². The first-order chi connectivity index (χ1) is 9.61. The topological polar surface area (TPSA) is 76.9 Å². The molecule has 20 heavy (non-hydrogen) atoms. The molecule has 0 radical (unpaired) electrons. The summed E-state index contributed by atoms with van der Waals surface area (Å²) in [5, 5.41) is 7.72. The van der Waals surface area contributed by atoms with Crippen molar-refractivity contribution in [2.45, 2.75) is 58.5 Å². The summed E-state index contributed by atoms with van der Waals surface area (Å²) in [7, 11) is -3.21. The highest BCUT2D eigenvalue weighted by Gasteiger charge is 2.18. The number of rotatable bonds is 7. The maximum atomic E-state index is 12.0. The van der Waals surface area contributed by atoms with Crippen LogP contribution in [0.15, 0.2) is 6.33 Å². The van der Waals surface area contributed by atoms with E-state index in [-0.39, 0.29) is 12.3 Å². The average Bonchev–Trinajstić information content (AvgIpc) is 2.92. The molecule has 7 heteroatoms. The molecular weight excluding hydrogens is 276 g/mol. The first-order valence-corrected chi connectivity index (χ1v) is 9.10. The first kappa shape index (κ1) is 15.4. The molecular formula is C13H24N4O2S. The van der Waals surface area contributed by atoms with E-state index in [9.17, 15) is 8.42 Å². The molecule has 1 aromatic heterocycles. The van der Waals surface area contributed by atoms with E-state index in [1.807, 2.05) is 11.5 Å². The molecule has 1 N–H and O–H groups in total. The van der Waals surface area contributed by atoms with E-state index < -0.39 is 10.0 Å². The third-order valence-corrected chi connectivity index (χ3v) is 5.36. The maximum Gasteiger partial charge on any atom is 0.212 e. The van der Waals surface area contributed by atoms with Crippen LogP contribution < -0.4 is 4.72 Å². The zero-order valence-electron chi connectivity index (χ0n) is 12.1. The number of aryl methyl sites for hydroxylation is 1. The van der Waals surface area contributed by atoms with Crippen molar-refractivity contribution in [2.24, 2.45) is 5.92 Å². The number of hydrogen-bond acceptors (Lipinski definition) is 4. The van der Waals surface area contributed by atoms with Crippen LogP contribution in [0, 0.1) is 5.92 Å². The fraction of sp³-hybridized carbons (Fsp3) is 0.846. The molecule has 2 rings (SSSR count). The van der Waals surface area contributed by atoms with Gasteiger partial charge in [-0.05, 0) is 19.3 Å². The lowest BCUT2D eigenvalue weighted by molar-refractivity contribution is 0.349. The van der Waals surface area contributed by atoms with Crippen molar-refractivity contribution in [1.29, 1.82) is 0 Å². The van der Waals surface area contributed by atoms with Crippen molar-refractivity contribution in [3.8, 4) is 0 Å². The summed E-state index contributed by atoms with van der Waals surface area (Å²) in [6.07, 6.45) is 8.55. The monoisotopic (exact) mass is 300 g/mol. The minimum atomic E-state index is -3.21. The Morgan fingerprint density at radius 3 is 2.80 bits per heavy atom. The fourth-order valence-electron chi connectivity index (χ4n) is 2.72. The highest BCUT2D eigenvalue weighted by Crippen LogP contribution is 2.26. The van der Waals surface area contributed by atoms with Crippen molar-refractivity contribution in [3.05, 3.63) is 12.2 Å². The molecule has 1 saturated carbocycles. The largest absolute Gasteiger partial charge is 0.317 e. The molecule has 1 aromatic rings. The van der Waals surface area contributed by atoms with Gasteiger partial charge in [0.2, 0.25) is 10.0 Å². The molecule has 1 heterocycles. The Balaban J connectivity index is 1.78. The highest BCUT2D eigenvalue weighted by molar-refractivity contribution is 7.89. The van der Waals surface area contributed by atoms with E-state index in [0.717, 1.165) is 13.0 Å². The van der Waals surface area contributed by atoms with Crippen LogP contribution in [0.2, 0.25) is 0 Å². The van der Waals surface area contributed by atoms with Crippen molar-refractivity contribution in [1.82, 2.24) is 19.5 Å². The molecule has 0 atom stereocenters. The molecule has 0 aromatic carbocycles. The molecule has 0 bridgehead atoms. The van der Waals surface area contributed by atoms with E-state index in [1.165, 1.54) is 32.1 Å². The maximum absolute atomic E-state index is 12.0. The van der Waals surface area contributed by atoms with Crippen LogP contribution in [0.4, 0.5) is 0 Å². The van der Waals surface area contributed by atoms with Crippen molar-refractivity contribution < 1.29 is 8.42 Å². The summed E-state index contributed by atoms with van der Waals surface area (Å²) in [4.78, 5) is 0. The van der Waals surface area contributed by atoms with Gasteiger partial charge in [-0.2, -0.15) is 0 Å². The molecule has 1 fully saturated rings. The lowest BCUT2D eigenvalue weighted by Gasteiger charge is -2.21. The molecule has 0 unspecified atom stereocenters. The predicted octanol–water partition coefficient (Wildman–Crippen LogP) is 1.69. The molecule has 0 spiro atoms. The van der Waals surface area contributed by atoms with Gasteiger partial charge < -0.3 is 4.57 Å². The average molecular weight is 300 g/mol. The summed E-state index contributed by atoms with van der Waals surface area (Å²) in [6, 6.07) is 0. The predicted molar refractivity (Wildman–Crippen MR) is 77.5 cm³/mol. The number of nitrogens with one attached hydrogen (secondary N) is 1. The van der Waals surface area contributed by atoms with E-state index in [0.29, 0.717) is 11.7 Å². The molecule has 0 saturated heterocycles. The summed E-state index contributed by atoms with van der Waals surface area (Å²) >= 11 is 0. The van der Waals surface area contributed by atoms with Gasteiger partial charge in [0.25, 0.3) is 0 Å². The van der Waals surface area contributed by atoms with Gasteiger partial charge in [-0.25, -0.2) is 13.1 Å². The minimum absolute atomic E-state index is 0.220. The van der Waals surface area contributed by atoms with Gasteiger partial charge in [0.05, 0.1) is 12.3 Å². The Bertz CT molecular complexity index is 506. The second-order valence-corrected chi connectivity index (χ2v) is 7.39. The molecule has 114 valence electrons. The second-order valence-electron chi connectivity index (χ2n) is 5.47. The quantitative estimate of drug-likeness (QED) is 0.831. The van der Waals surface area contributed by atoms with Gasteiger partial charge in [-0.1, -0.05) is 32.1 Å². The number of aromatic nitrogens is 3. The molecule has 1 aliphatic carbocycles. The zero-order chi connectivity index (χ0) is 14.4. The number of nitrogens with zero attached hydrogens (tertiary/aromatic N) is 3. The van der Waals surface area contributed by atoms with Crippen LogP contribution >= 0.6 is 0 Å². The third-order valence-electron chi connectivity index (χ3n) is 4.01. The SMILES string of the molecule is CCn1cnnc1CNS(=O)(=O)CCC1CCCCC1. The van der Waals surface area contributed by atoms with Gasteiger partial charge in [0.15, 0.2) is 0 Å². The zero-order valence-corrected chi connectivity index (χ0v) is 12.9. The second kappa shape index (κ2) is 7.17. The Kier molecular flexibility index (Phi) is 5.54. The smallest absolute Gasteiger partial charge is 0.212 e. The molecule has 0 aliphatic heterocycles. The van der Waals surface area contributed by atoms with Crippen molar-refractivity contribution >= 4 is 10.0 Å². The number of sulfonamides is 1. The third kappa shape index (κ3) is 4.56. The Labute approximate surface area is 121 Å². The van der Waals surface area contributed by atoms with Gasteiger partial charge in [-0.3, -0.25) is 0 Å². The van der Waals surface area contributed by atoms with Crippen molar-refractivity contribution in [3.63, 3.8) is 0 Å².